The van der Waals surface area contributed by atoms with Gasteiger partial charge in [0.2, 0.25) is 0 Å². The van der Waals surface area contributed by atoms with Crippen molar-refractivity contribution in [2.45, 2.75) is 25.3 Å². The number of benzene rings is 2. The zero-order valence-corrected chi connectivity index (χ0v) is 12.8. The Morgan fingerprint density at radius 1 is 1.00 bits per heavy atom. The van der Waals surface area contributed by atoms with Gasteiger partial charge < -0.3 is 16.0 Å². The number of amides is 2. The minimum absolute atomic E-state index is 0.149. The summed E-state index contributed by atoms with van der Waals surface area (Å²) in [5, 5.41) is 9.00. The zero-order valence-electron chi connectivity index (χ0n) is 12.8. The average Bonchev–Trinajstić information content (AvgIpc) is 3.35. The van der Waals surface area contributed by atoms with E-state index in [-0.39, 0.29) is 11.8 Å². The van der Waals surface area contributed by atoms with Crippen LogP contribution < -0.4 is 16.0 Å². The van der Waals surface area contributed by atoms with Crippen molar-refractivity contribution in [1.82, 2.24) is 5.32 Å². The molecule has 0 radical (unpaired) electrons. The Labute approximate surface area is 135 Å². The SMILES string of the molecule is O=C(Nc1ccc(NCCc2ccc(F)cc2)cc1)NC1CC1. The first kappa shape index (κ1) is 15.3. The summed E-state index contributed by atoms with van der Waals surface area (Å²) in [7, 11) is 0. The second kappa shape index (κ2) is 7.13. The van der Waals surface area contributed by atoms with Gasteiger partial charge in [-0.3, -0.25) is 0 Å². The van der Waals surface area contributed by atoms with Crippen LogP contribution in [-0.2, 0) is 6.42 Å². The third-order valence-electron chi connectivity index (χ3n) is 3.71. The highest BCUT2D eigenvalue weighted by atomic mass is 19.1. The number of rotatable bonds is 6. The average molecular weight is 313 g/mol. The molecule has 3 rings (SSSR count). The van der Waals surface area contributed by atoms with E-state index in [9.17, 15) is 9.18 Å². The van der Waals surface area contributed by atoms with Gasteiger partial charge in [-0.05, 0) is 61.2 Å². The van der Waals surface area contributed by atoms with E-state index in [4.69, 9.17) is 0 Å². The first-order valence-corrected chi connectivity index (χ1v) is 7.85. The van der Waals surface area contributed by atoms with E-state index in [0.717, 1.165) is 42.7 Å². The van der Waals surface area contributed by atoms with Gasteiger partial charge in [-0.1, -0.05) is 12.1 Å². The largest absolute Gasteiger partial charge is 0.385 e. The zero-order chi connectivity index (χ0) is 16.1. The summed E-state index contributed by atoms with van der Waals surface area (Å²) in [6.07, 6.45) is 2.97. The number of nitrogens with one attached hydrogen (secondary N) is 3. The highest BCUT2D eigenvalue weighted by Gasteiger charge is 2.23. The molecule has 0 heterocycles. The van der Waals surface area contributed by atoms with E-state index in [1.54, 1.807) is 12.1 Å². The van der Waals surface area contributed by atoms with Crippen LogP contribution in [0.5, 0.6) is 0 Å². The molecule has 1 saturated carbocycles. The molecule has 0 unspecified atom stereocenters. The molecule has 4 nitrogen and oxygen atoms in total. The maximum absolute atomic E-state index is 12.8. The van der Waals surface area contributed by atoms with E-state index in [0.29, 0.717) is 6.04 Å². The smallest absolute Gasteiger partial charge is 0.319 e. The maximum atomic E-state index is 12.8. The second-order valence-corrected chi connectivity index (χ2v) is 5.75. The summed E-state index contributed by atoms with van der Waals surface area (Å²) >= 11 is 0. The van der Waals surface area contributed by atoms with Crippen LogP contribution in [-0.4, -0.2) is 18.6 Å². The molecule has 1 aliphatic carbocycles. The molecule has 2 amide bonds. The number of hydrogen-bond donors (Lipinski definition) is 3. The fourth-order valence-electron chi connectivity index (χ4n) is 2.25. The van der Waals surface area contributed by atoms with Gasteiger partial charge in [0.1, 0.15) is 5.82 Å². The quantitative estimate of drug-likeness (QED) is 0.760. The summed E-state index contributed by atoms with van der Waals surface area (Å²) in [5.74, 6) is -0.212. The van der Waals surface area contributed by atoms with Gasteiger partial charge in [0.15, 0.2) is 0 Å². The molecule has 120 valence electrons. The number of carbonyl (C=O) groups is 1. The van der Waals surface area contributed by atoms with Crippen molar-refractivity contribution in [1.29, 1.82) is 0 Å². The van der Waals surface area contributed by atoms with E-state index < -0.39 is 0 Å². The normalized spacial score (nSPS) is 13.4. The summed E-state index contributed by atoms with van der Waals surface area (Å²) in [6, 6.07) is 14.3. The molecular formula is C18H20FN3O. The lowest BCUT2D eigenvalue weighted by molar-refractivity contribution is 0.251. The predicted octanol–water partition coefficient (Wildman–Crippen LogP) is 3.76. The van der Waals surface area contributed by atoms with E-state index >= 15 is 0 Å². The summed E-state index contributed by atoms with van der Waals surface area (Å²) in [5.41, 5.74) is 2.85. The molecule has 0 aliphatic heterocycles. The first-order chi connectivity index (χ1) is 11.2. The summed E-state index contributed by atoms with van der Waals surface area (Å²) in [6.45, 7) is 0.764. The van der Waals surface area contributed by atoms with Crippen molar-refractivity contribution in [3.63, 3.8) is 0 Å². The van der Waals surface area contributed by atoms with Crippen LogP contribution in [0.25, 0.3) is 0 Å². The van der Waals surface area contributed by atoms with Crippen LogP contribution >= 0.6 is 0 Å². The Hall–Kier alpha value is -2.56. The minimum Gasteiger partial charge on any atom is -0.385 e. The Balaban J connectivity index is 1.43. The van der Waals surface area contributed by atoms with Crippen molar-refractivity contribution < 1.29 is 9.18 Å². The molecule has 0 saturated heterocycles. The maximum Gasteiger partial charge on any atom is 0.319 e. The Bertz CT molecular complexity index is 651. The fraction of sp³-hybridized carbons (Fsp3) is 0.278. The van der Waals surface area contributed by atoms with Crippen molar-refractivity contribution in [2.24, 2.45) is 0 Å². The number of hydrogen-bond acceptors (Lipinski definition) is 2. The number of urea groups is 1. The molecule has 0 aromatic heterocycles. The summed E-state index contributed by atoms with van der Waals surface area (Å²) in [4.78, 5) is 11.6. The monoisotopic (exact) mass is 313 g/mol. The van der Waals surface area contributed by atoms with Gasteiger partial charge in [0.05, 0.1) is 0 Å². The Kier molecular flexibility index (Phi) is 4.76. The van der Waals surface area contributed by atoms with E-state index in [1.807, 2.05) is 24.3 Å². The molecule has 1 aliphatic rings. The molecule has 2 aromatic carbocycles. The van der Waals surface area contributed by atoms with Crippen LogP contribution in [0, 0.1) is 5.82 Å². The Morgan fingerprint density at radius 2 is 1.65 bits per heavy atom. The van der Waals surface area contributed by atoms with Gasteiger partial charge in [0.25, 0.3) is 0 Å². The first-order valence-electron chi connectivity index (χ1n) is 7.85. The lowest BCUT2D eigenvalue weighted by atomic mass is 10.1. The van der Waals surface area contributed by atoms with Crippen LogP contribution in [0.4, 0.5) is 20.6 Å². The van der Waals surface area contributed by atoms with Gasteiger partial charge >= 0.3 is 6.03 Å². The van der Waals surface area contributed by atoms with E-state index in [1.165, 1.54) is 12.1 Å². The highest BCUT2D eigenvalue weighted by molar-refractivity contribution is 5.89. The standard InChI is InChI=1S/C18H20FN3O/c19-14-3-1-13(2-4-14)11-12-20-15-5-7-16(8-6-15)21-18(23)22-17-9-10-17/h1-8,17,20H,9-12H2,(H2,21,22,23). The van der Waals surface area contributed by atoms with Gasteiger partial charge in [-0.2, -0.15) is 0 Å². The third-order valence-corrected chi connectivity index (χ3v) is 3.71. The van der Waals surface area contributed by atoms with Crippen molar-refractivity contribution >= 4 is 17.4 Å². The molecule has 0 spiro atoms. The predicted molar refractivity (Wildman–Crippen MR) is 90.2 cm³/mol. The molecule has 0 atom stereocenters. The number of anilines is 2. The molecule has 2 aromatic rings. The van der Waals surface area contributed by atoms with Crippen LogP contribution in [0.3, 0.4) is 0 Å². The fourth-order valence-corrected chi connectivity index (χ4v) is 2.25. The topological polar surface area (TPSA) is 53.2 Å². The van der Waals surface area contributed by atoms with Crippen LogP contribution in [0.2, 0.25) is 0 Å². The molecule has 5 heteroatoms. The molecule has 23 heavy (non-hydrogen) atoms. The Morgan fingerprint density at radius 3 is 2.30 bits per heavy atom. The molecule has 3 N–H and O–H groups in total. The summed E-state index contributed by atoms with van der Waals surface area (Å²) < 4.78 is 12.8. The van der Waals surface area contributed by atoms with Gasteiger partial charge in [0, 0.05) is 24.0 Å². The molecule has 0 bridgehead atoms. The third kappa shape index (κ3) is 4.98. The van der Waals surface area contributed by atoms with Gasteiger partial charge in [-0.15, -0.1) is 0 Å². The number of carbonyl (C=O) groups excluding carboxylic acids is 1. The molecular weight excluding hydrogens is 293 g/mol. The highest BCUT2D eigenvalue weighted by Crippen LogP contribution is 2.19. The lowest BCUT2D eigenvalue weighted by Crippen LogP contribution is -2.30. The lowest BCUT2D eigenvalue weighted by Gasteiger charge is -2.09. The van der Waals surface area contributed by atoms with Crippen LogP contribution in [0.1, 0.15) is 18.4 Å². The van der Waals surface area contributed by atoms with E-state index in [2.05, 4.69) is 16.0 Å². The second-order valence-electron chi connectivity index (χ2n) is 5.75. The minimum atomic E-state index is -0.212. The number of halogens is 1. The van der Waals surface area contributed by atoms with Crippen LogP contribution in [0.15, 0.2) is 48.5 Å². The van der Waals surface area contributed by atoms with Crippen molar-refractivity contribution in [2.75, 3.05) is 17.2 Å². The van der Waals surface area contributed by atoms with Gasteiger partial charge in [-0.25, -0.2) is 9.18 Å². The van der Waals surface area contributed by atoms with Crippen molar-refractivity contribution in [3.8, 4) is 0 Å². The molecule has 1 fully saturated rings. The van der Waals surface area contributed by atoms with Crippen molar-refractivity contribution in [3.05, 3.63) is 59.9 Å².